The Balaban J connectivity index is 1.76. The third-order valence-corrected chi connectivity index (χ3v) is 5.62. The average molecular weight is 361 g/mol. The van der Waals surface area contributed by atoms with Gasteiger partial charge in [0.25, 0.3) is 5.91 Å². The summed E-state index contributed by atoms with van der Waals surface area (Å²) in [6, 6.07) is 3.54. The number of amides is 1. The molecule has 2 aliphatic heterocycles. The van der Waals surface area contributed by atoms with Crippen LogP contribution in [0.2, 0.25) is 0 Å². The van der Waals surface area contributed by atoms with Gasteiger partial charge in [0.1, 0.15) is 11.2 Å². The number of rotatable bonds is 5. The van der Waals surface area contributed by atoms with Gasteiger partial charge in [0, 0.05) is 32.4 Å². The van der Waals surface area contributed by atoms with Crippen LogP contribution in [0.5, 0.6) is 0 Å². The molecule has 1 amide bonds. The number of aromatic nitrogens is 1. The van der Waals surface area contributed by atoms with Crippen LogP contribution in [-0.4, -0.2) is 64.3 Å². The van der Waals surface area contributed by atoms with E-state index in [9.17, 15) is 19.8 Å². The molecule has 0 bridgehead atoms. The van der Waals surface area contributed by atoms with Gasteiger partial charge in [0.15, 0.2) is 0 Å². The summed E-state index contributed by atoms with van der Waals surface area (Å²) in [6.45, 7) is 4.29. The summed E-state index contributed by atoms with van der Waals surface area (Å²) in [7, 11) is 0. The van der Waals surface area contributed by atoms with Crippen LogP contribution < -0.4 is 4.90 Å². The number of aliphatic hydroxyl groups excluding tert-OH is 1. The van der Waals surface area contributed by atoms with Crippen LogP contribution in [0.25, 0.3) is 0 Å². The second-order valence-corrected chi connectivity index (χ2v) is 7.34. The Hall–Kier alpha value is -2.15. The molecule has 0 saturated carbocycles. The van der Waals surface area contributed by atoms with Crippen molar-refractivity contribution >= 4 is 17.7 Å². The fraction of sp³-hybridized carbons (Fsp3) is 0.632. The van der Waals surface area contributed by atoms with Crippen LogP contribution in [0, 0.1) is 5.41 Å². The van der Waals surface area contributed by atoms with Crippen molar-refractivity contribution in [3.8, 4) is 0 Å². The Kier molecular flexibility index (Phi) is 5.46. The van der Waals surface area contributed by atoms with E-state index >= 15 is 0 Å². The quantitative estimate of drug-likeness (QED) is 0.830. The fourth-order valence-electron chi connectivity index (χ4n) is 4.09. The number of hydrogen-bond donors (Lipinski definition) is 2. The van der Waals surface area contributed by atoms with Crippen molar-refractivity contribution < 1.29 is 19.8 Å². The molecule has 3 heterocycles. The number of aliphatic carboxylic acids is 1. The third kappa shape index (κ3) is 3.40. The molecule has 7 nitrogen and oxygen atoms in total. The number of likely N-dealkylation sites (tertiary alicyclic amines) is 1. The van der Waals surface area contributed by atoms with Crippen molar-refractivity contribution in [3.05, 3.63) is 23.9 Å². The van der Waals surface area contributed by atoms with Crippen molar-refractivity contribution in [3.63, 3.8) is 0 Å². The van der Waals surface area contributed by atoms with Crippen molar-refractivity contribution in [2.24, 2.45) is 5.41 Å². The molecule has 2 aliphatic rings. The molecule has 2 atom stereocenters. The standard InChI is InChI=1S/C19H27N3O4/c1-2-8-19(18(25)26)13-22(11-7-15(19)23)16-6-5-14(12-20-16)17(24)21-9-3-4-10-21/h5-6,12,15,23H,2-4,7-11,13H2,1H3,(H,25,26)/t15-,19-/m1/s1. The minimum absolute atomic E-state index is 0.00137. The smallest absolute Gasteiger partial charge is 0.314 e. The maximum absolute atomic E-state index is 12.4. The molecule has 3 rings (SSSR count). The number of hydrogen-bond acceptors (Lipinski definition) is 5. The molecule has 142 valence electrons. The van der Waals surface area contributed by atoms with E-state index in [1.54, 1.807) is 18.3 Å². The number of anilines is 1. The zero-order chi connectivity index (χ0) is 18.7. The Labute approximate surface area is 153 Å². The summed E-state index contributed by atoms with van der Waals surface area (Å²) < 4.78 is 0. The van der Waals surface area contributed by atoms with E-state index in [0.717, 1.165) is 25.9 Å². The van der Waals surface area contributed by atoms with Gasteiger partial charge in [-0.2, -0.15) is 0 Å². The van der Waals surface area contributed by atoms with Gasteiger partial charge in [0.2, 0.25) is 0 Å². The van der Waals surface area contributed by atoms with E-state index in [1.807, 2.05) is 16.7 Å². The van der Waals surface area contributed by atoms with E-state index in [2.05, 4.69) is 4.98 Å². The van der Waals surface area contributed by atoms with E-state index in [4.69, 9.17) is 0 Å². The highest BCUT2D eigenvalue weighted by atomic mass is 16.4. The number of pyridine rings is 1. The highest BCUT2D eigenvalue weighted by Crippen LogP contribution is 2.37. The second kappa shape index (κ2) is 7.61. The van der Waals surface area contributed by atoms with E-state index in [1.165, 1.54) is 0 Å². The van der Waals surface area contributed by atoms with Crippen LogP contribution >= 0.6 is 0 Å². The molecule has 7 heteroatoms. The topological polar surface area (TPSA) is 94.0 Å². The van der Waals surface area contributed by atoms with Crippen LogP contribution in [0.3, 0.4) is 0 Å². The highest BCUT2D eigenvalue weighted by molar-refractivity contribution is 5.94. The van der Waals surface area contributed by atoms with Crippen LogP contribution in [0.1, 0.15) is 49.4 Å². The van der Waals surface area contributed by atoms with Gasteiger partial charge in [-0.25, -0.2) is 4.98 Å². The molecule has 0 unspecified atom stereocenters. The summed E-state index contributed by atoms with van der Waals surface area (Å²) in [5, 5.41) is 20.1. The first-order valence-electron chi connectivity index (χ1n) is 9.39. The lowest BCUT2D eigenvalue weighted by Crippen LogP contribution is -2.56. The second-order valence-electron chi connectivity index (χ2n) is 7.34. The zero-order valence-electron chi connectivity index (χ0n) is 15.2. The minimum Gasteiger partial charge on any atom is -0.481 e. The highest BCUT2D eigenvalue weighted by Gasteiger charge is 2.48. The Morgan fingerprint density at radius 2 is 2.00 bits per heavy atom. The molecule has 0 radical (unpaired) electrons. The van der Waals surface area contributed by atoms with Crippen molar-refractivity contribution in [2.75, 3.05) is 31.1 Å². The number of piperidine rings is 1. The number of nitrogens with zero attached hydrogens (tertiary/aromatic N) is 3. The van der Waals surface area contributed by atoms with Gasteiger partial charge < -0.3 is 20.0 Å². The first kappa shape index (κ1) is 18.6. The SMILES string of the molecule is CCC[C@@]1(C(=O)O)CN(c2ccc(C(=O)N3CCCC3)cn2)CC[C@H]1O. The Morgan fingerprint density at radius 3 is 2.58 bits per heavy atom. The fourth-order valence-corrected chi connectivity index (χ4v) is 4.09. The number of aliphatic hydroxyl groups is 1. The lowest BCUT2D eigenvalue weighted by molar-refractivity contribution is -0.158. The maximum atomic E-state index is 12.4. The first-order chi connectivity index (χ1) is 12.5. The summed E-state index contributed by atoms with van der Waals surface area (Å²) in [6.07, 6.45) is 4.31. The third-order valence-electron chi connectivity index (χ3n) is 5.62. The number of carboxylic acid groups (broad SMARTS) is 1. The van der Waals surface area contributed by atoms with Crippen LogP contribution in [0.4, 0.5) is 5.82 Å². The lowest BCUT2D eigenvalue weighted by atomic mass is 9.74. The number of carbonyl (C=O) groups is 2. The van der Waals surface area contributed by atoms with Crippen molar-refractivity contribution in [2.45, 2.75) is 45.1 Å². The molecule has 0 spiro atoms. The first-order valence-corrected chi connectivity index (χ1v) is 9.39. The number of carboxylic acids is 1. The number of carbonyl (C=O) groups excluding carboxylic acids is 1. The molecule has 2 fully saturated rings. The van der Waals surface area contributed by atoms with Gasteiger partial charge >= 0.3 is 5.97 Å². The molecule has 1 aromatic heterocycles. The van der Waals surface area contributed by atoms with Crippen molar-refractivity contribution in [1.82, 2.24) is 9.88 Å². The summed E-state index contributed by atoms with van der Waals surface area (Å²) in [4.78, 5) is 32.5. The predicted molar refractivity (Wildman–Crippen MR) is 97.2 cm³/mol. The monoisotopic (exact) mass is 361 g/mol. The molecule has 2 saturated heterocycles. The Morgan fingerprint density at radius 1 is 1.27 bits per heavy atom. The van der Waals surface area contributed by atoms with Crippen LogP contribution in [-0.2, 0) is 4.79 Å². The summed E-state index contributed by atoms with van der Waals surface area (Å²) in [5.41, 5.74) is -0.607. The lowest BCUT2D eigenvalue weighted by Gasteiger charge is -2.43. The summed E-state index contributed by atoms with van der Waals surface area (Å²) in [5.74, 6) is -0.310. The van der Waals surface area contributed by atoms with E-state index < -0.39 is 17.5 Å². The predicted octanol–water partition coefficient (Wildman–Crippen LogP) is 1.76. The van der Waals surface area contributed by atoms with E-state index in [0.29, 0.717) is 37.2 Å². The van der Waals surface area contributed by atoms with Crippen molar-refractivity contribution in [1.29, 1.82) is 0 Å². The zero-order valence-corrected chi connectivity index (χ0v) is 15.2. The largest absolute Gasteiger partial charge is 0.481 e. The van der Waals surface area contributed by atoms with Gasteiger partial charge in [-0.05, 0) is 37.8 Å². The molecule has 0 aliphatic carbocycles. The minimum atomic E-state index is -1.17. The molecule has 1 aromatic rings. The molecule has 0 aromatic carbocycles. The maximum Gasteiger partial charge on any atom is 0.314 e. The van der Waals surface area contributed by atoms with E-state index in [-0.39, 0.29) is 12.5 Å². The van der Waals surface area contributed by atoms with Gasteiger partial charge in [-0.15, -0.1) is 0 Å². The molecule has 2 N–H and O–H groups in total. The average Bonchev–Trinajstić information content (AvgIpc) is 3.18. The molecule has 26 heavy (non-hydrogen) atoms. The van der Waals surface area contributed by atoms with Gasteiger partial charge in [-0.3, -0.25) is 9.59 Å². The normalized spacial score (nSPS) is 26.2. The van der Waals surface area contributed by atoms with Gasteiger partial charge in [0.05, 0.1) is 11.7 Å². The molecular formula is C19H27N3O4. The Bertz CT molecular complexity index is 657. The van der Waals surface area contributed by atoms with Crippen LogP contribution in [0.15, 0.2) is 18.3 Å². The molecular weight excluding hydrogens is 334 g/mol. The van der Waals surface area contributed by atoms with Gasteiger partial charge in [-0.1, -0.05) is 13.3 Å². The summed E-state index contributed by atoms with van der Waals surface area (Å²) >= 11 is 0.